The Kier molecular flexibility index (Phi) is 18.6. The lowest BCUT2D eigenvalue weighted by Crippen LogP contribution is -2.42. The van der Waals surface area contributed by atoms with Crippen molar-refractivity contribution in [3.63, 3.8) is 0 Å². The van der Waals surface area contributed by atoms with E-state index in [1.165, 1.54) is 30.3 Å². The molecule has 1 unspecified atom stereocenters. The molecule has 0 aliphatic carbocycles. The number of hydrogen-bond acceptors (Lipinski definition) is 12. The van der Waals surface area contributed by atoms with E-state index >= 15 is 4.79 Å². The van der Waals surface area contributed by atoms with E-state index in [-0.39, 0.29) is 77.4 Å². The number of rotatable bonds is 26. The molecule has 0 heterocycles. The van der Waals surface area contributed by atoms with E-state index in [4.69, 9.17) is 33.2 Å². The monoisotopic (exact) mass is 1070 g/mol. The summed E-state index contributed by atoms with van der Waals surface area (Å²) >= 11 is 0. The van der Waals surface area contributed by atoms with Gasteiger partial charge in [-0.2, -0.15) is 0 Å². The maximum absolute atomic E-state index is 15.7. The van der Waals surface area contributed by atoms with Crippen molar-refractivity contribution in [3.05, 3.63) is 287 Å². The SMILES string of the molecule is O=C(OCC(COc1ccc(OCc2ccccc2)cc1)NS(=O)(=O)c1ccccc1)c1cc(OCc2ccccc2)c(C(=O)c2c(OCc3ccccc3)cccc2C(=O)OCc2ccccc2)c(OCc2ccccc2)c1. The Morgan fingerprint density at radius 3 is 1.28 bits per heavy atom. The van der Waals surface area contributed by atoms with E-state index in [2.05, 4.69) is 4.72 Å². The van der Waals surface area contributed by atoms with Gasteiger partial charge in [-0.1, -0.05) is 176 Å². The average molecular weight is 1070 g/mol. The first-order valence-electron chi connectivity index (χ1n) is 25.4. The van der Waals surface area contributed by atoms with Crippen molar-refractivity contribution in [1.82, 2.24) is 4.72 Å². The quantitative estimate of drug-likeness (QED) is 0.0404. The largest absolute Gasteiger partial charge is 0.492 e. The molecule has 0 amide bonds. The fourth-order valence-electron chi connectivity index (χ4n) is 8.18. The Morgan fingerprint density at radius 2 is 0.797 bits per heavy atom. The number of carbonyl (C=O) groups excluding carboxylic acids is 3. The Morgan fingerprint density at radius 1 is 0.380 bits per heavy atom. The van der Waals surface area contributed by atoms with Crippen LogP contribution in [0.3, 0.4) is 0 Å². The molecular weight excluding hydrogens is 1020 g/mol. The zero-order valence-electron chi connectivity index (χ0n) is 42.9. The number of esters is 2. The highest BCUT2D eigenvalue weighted by Gasteiger charge is 2.32. The van der Waals surface area contributed by atoms with Crippen LogP contribution in [0.25, 0.3) is 0 Å². The van der Waals surface area contributed by atoms with Crippen LogP contribution in [0.1, 0.15) is 64.5 Å². The molecule has 13 nitrogen and oxygen atoms in total. The van der Waals surface area contributed by atoms with E-state index < -0.39 is 40.4 Å². The molecule has 0 fully saturated rings. The van der Waals surface area contributed by atoms with E-state index in [0.717, 1.165) is 27.8 Å². The van der Waals surface area contributed by atoms with Crippen molar-refractivity contribution >= 4 is 27.7 Å². The summed E-state index contributed by atoms with van der Waals surface area (Å²) < 4.78 is 73.4. The van der Waals surface area contributed by atoms with Gasteiger partial charge >= 0.3 is 11.9 Å². The summed E-state index contributed by atoms with van der Waals surface area (Å²) in [6.45, 7) is -0.531. The van der Waals surface area contributed by atoms with Gasteiger partial charge in [0.2, 0.25) is 15.8 Å². The van der Waals surface area contributed by atoms with Gasteiger partial charge in [-0.25, -0.2) is 22.7 Å². The highest BCUT2D eigenvalue weighted by atomic mass is 32.2. The Labute approximate surface area is 458 Å². The number of ether oxygens (including phenoxy) is 7. The standard InChI is InChI=1S/C65H55NO12S/c67-63(61-57(65(69)77-44-51-28-15-5-16-29-51)32-19-33-58(61)74-41-48-22-9-2-10-23-48)62-59(75-42-49-24-11-3-12-25-49)38-52(39-60(62)76-43-50-26-13-4-14-27-50)64(68)78-46-53(66-79(70,71)56-30-17-6-18-31-56)45-73-55-36-34-54(35-37-55)72-40-47-20-7-1-8-21-47/h1-39,53,66H,40-46H2. The second kappa shape index (κ2) is 27.0. The molecule has 398 valence electrons. The molecule has 0 bridgehead atoms. The molecule has 0 aliphatic rings. The predicted octanol–water partition coefficient (Wildman–Crippen LogP) is 12.2. The first kappa shape index (κ1) is 54.3. The summed E-state index contributed by atoms with van der Waals surface area (Å²) in [5, 5.41) is 0. The minimum Gasteiger partial charge on any atom is -0.492 e. The maximum Gasteiger partial charge on any atom is 0.339 e. The molecule has 9 rings (SSSR count). The number of hydrogen-bond donors (Lipinski definition) is 1. The predicted molar refractivity (Wildman–Crippen MR) is 298 cm³/mol. The van der Waals surface area contributed by atoms with E-state index in [1.807, 2.05) is 152 Å². The van der Waals surface area contributed by atoms with Crippen LogP contribution in [0.2, 0.25) is 0 Å². The van der Waals surface area contributed by atoms with Gasteiger partial charge in [0, 0.05) is 0 Å². The van der Waals surface area contributed by atoms with Gasteiger partial charge in [-0.05, 0) is 88.5 Å². The lowest BCUT2D eigenvalue weighted by atomic mass is 9.94. The molecule has 0 spiro atoms. The van der Waals surface area contributed by atoms with Crippen molar-refractivity contribution in [2.45, 2.75) is 44.0 Å². The summed E-state index contributed by atoms with van der Waals surface area (Å²) in [5.41, 5.74) is 3.56. The molecule has 0 aromatic heterocycles. The highest BCUT2D eigenvalue weighted by molar-refractivity contribution is 7.89. The molecule has 0 saturated carbocycles. The van der Waals surface area contributed by atoms with Crippen LogP contribution in [-0.4, -0.2) is 45.4 Å². The molecule has 1 N–H and O–H groups in total. The second-order valence-corrected chi connectivity index (χ2v) is 19.7. The number of benzene rings is 9. The van der Waals surface area contributed by atoms with Gasteiger partial charge in [-0.3, -0.25) is 4.79 Å². The van der Waals surface area contributed by atoms with E-state index in [1.54, 1.807) is 54.6 Å². The highest BCUT2D eigenvalue weighted by Crippen LogP contribution is 2.38. The molecule has 0 aliphatic heterocycles. The molecule has 0 saturated heterocycles. The van der Waals surface area contributed by atoms with Crippen molar-refractivity contribution in [1.29, 1.82) is 0 Å². The van der Waals surface area contributed by atoms with E-state index in [9.17, 15) is 18.0 Å². The zero-order valence-corrected chi connectivity index (χ0v) is 43.7. The van der Waals surface area contributed by atoms with Crippen LogP contribution < -0.4 is 28.4 Å². The van der Waals surface area contributed by atoms with Crippen LogP contribution >= 0.6 is 0 Å². The number of ketones is 1. The normalized spacial score (nSPS) is 11.4. The van der Waals surface area contributed by atoms with Crippen molar-refractivity contribution in [2.75, 3.05) is 13.2 Å². The molecule has 14 heteroatoms. The third kappa shape index (κ3) is 15.3. The number of sulfonamides is 1. The van der Waals surface area contributed by atoms with Gasteiger partial charge in [0.15, 0.2) is 0 Å². The van der Waals surface area contributed by atoms with Gasteiger partial charge in [-0.15, -0.1) is 0 Å². The van der Waals surface area contributed by atoms with Crippen LogP contribution in [0, 0.1) is 0 Å². The minimum absolute atomic E-state index is 0.00781. The third-order valence-electron chi connectivity index (χ3n) is 12.2. The van der Waals surface area contributed by atoms with Crippen LogP contribution in [0.4, 0.5) is 0 Å². The van der Waals surface area contributed by atoms with Crippen molar-refractivity contribution in [3.8, 4) is 28.7 Å². The lowest BCUT2D eigenvalue weighted by Gasteiger charge is -2.21. The molecule has 9 aromatic carbocycles. The number of nitrogens with one attached hydrogen (secondary N) is 1. The zero-order chi connectivity index (χ0) is 54.7. The lowest BCUT2D eigenvalue weighted by molar-refractivity contribution is 0.0446. The second-order valence-electron chi connectivity index (χ2n) is 18.0. The topological polar surface area (TPSA) is 162 Å². The Hall–Kier alpha value is -9.50. The van der Waals surface area contributed by atoms with E-state index in [0.29, 0.717) is 18.1 Å². The van der Waals surface area contributed by atoms with Crippen molar-refractivity contribution in [2.24, 2.45) is 0 Å². The summed E-state index contributed by atoms with van der Waals surface area (Å²) in [6, 6.07) is 67.5. The van der Waals surface area contributed by atoms with Crippen LogP contribution in [0.5, 0.6) is 28.7 Å². The first-order chi connectivity index (χ1) is 38.6. The molecule has 0 radical (unpaired) electrons. The molecule has 9 aromatic rings. The number of carbonyl (C=O) groups is 3. The summed E-state index contributed by atoms with van der Waals surface area (Å²) in [4.78, 5) is 44.5. The first-order valence-corrected chi connectivity index (χ1v) is 26.8. The average Bonchev–Trinajstić information content (AvgIpc) is 3.52. The molecule has 79 heavy (non-hydrogen) atoms. The van der Waals surface area contributed by atoms with Gasteiger partial charge in [0.1, 0.15) is 80.6 Å². The fraction of sp³-hybridized carbons (Fsp3) is 0.123. The minimum atomic E-state index is -4.15. The van der Waals surface area contributed by atoms with Gasteiger partial charge in [0.25, 0.3) is 0 Å². The molecule has 1 atom stereocenters. The Balaban J connectivity index is 1.06. The summed E-state index contributed by atoms with van der Waals surface area (Å²) in [6.07, 6.45) is 0. The summed E-state index contributed by atoms with van der Waals surface area (Å²) in [5.74, 6) is -1.53. The third-order valence-corrected chi connectivity index (χ3v) is 13.8. The maximum atomic E-state index is 15.7. The summed E-state index contributed by atoms with van der Waals surface area (Å²) in [7, 11) is -4.15. The fourth-order valence-corrected chi connectivity index (χ4v) is 9.41. The molecular formula is C65H55NO12S. The van der Waals surface area contributed by atoms with Crippen LogP contribution in [-0.2, 0) is 52.5 Å². The Bertz CT molecular complexity index is 3470. The van der Waals surface area contributed by atoms with Gasteiger partial charge in [0.05, 0.1) is 27.6 Å². The smallest absolute Gasteiger partial charge is 0.339 e. The van der Waals surface area contributed by atoms with Gasteiger partial charge < -0.3 is 33.2 Å². The van der Waals surface area contributed by atoms with Crippen molar-refractivity contribution < 1.29 is 56.0 Å². The van der Waals surface area contributed by atoms with Crippen LogP contribution in [0.15, 0.2) is 241 Å².